The molecule has 0 atom stereocenters. The first-order valence-electron chi connectivity index (χ1n) is 3.71. The predicted molar refractivity (Wildman–Crippen MR) is 45.2 cm³/mol. The number of carbonyl (C=O) groups is 1. The number of nitrogens with zero attached hydrogens (tertiary/aromatic N) is 1. The van der Waals surface area contributed by atoms with Gasteiger partial charge < -0.3 is 10.7 Å². The van der Waals surface area contributed by atoms with E-state index in [-0.39, 0.29) is 5.91 Å². The molecule has 2 N–H and O–H groups in total. The largest absolute Gasteiger partial charge is 0.313 e. The van der Waals surface area contributed by atoms with Crippen LogP contribution in [0.1, 0.15) is 27.2 Å². The highest BCUT2D eigenvalue weighted by atomic mass is 16.1. The van der Waals surface area contributed by atoms with Crippen LogP contribution in [0.5, 0.6) is 0 Å². The molecule has 4 heteroatoms. The zero-order valence-corrected chi connectivity index (χ0v) is 7.27. The lowest BCUT2D eigenvalue weighted by atomic mass is 10.5. The lowest BCUT2D eigenvalue weighted by Gasteiger charge is -2.00. The second-order valence-corrected chi connectivity index (χ2v) is 2.29. The Morgan fingerprint density at radius 1 is 1.45 bits per heavy atom. The van der Waals surface area contributed by atoms with Crippen LogP contribution in [0, 0.1) is 0 Å². The molecule has 0 bridgehead atoms. The maximum atomic E-state index is 10.5. The maximum Gasteiger partial charge on any atom is 0.222 e. The van der Waals surface area contributed by atoms with Crippen molar-refractivity contribution in [1.82, 2.24) is 10.7 Å². The number of hydrogen-bond acceptors (Lipinski definition) is 3. The van der Waals surface area contributed by atoms with Gasteiger partial charge in [0.25, 0.3) is 0 Å². The smallest absolute Gasteiger partial charge is 0.222 e. The van der Waals surface area contributed by atoms with Gasteiger partial charge in [0.15, 0.2) is 0 Å². The Hall–Kier alpha value is -1.06. The summed E-state index contributed by atoms with van der Waals surface area (Å²) < 4.78 is 0. The number of amidine groups is 1. The minimum absolute atomic E-state index is 0.0930. The number of rotatable bonds is 3. The van der Waals surface area contributed by atoms with Crippen molar-refractivity contribution < 1.29 is 4.79 Å². The zero-order chi connectivity index (χ0) is 8.69. The number of amides is 1. The Morgan fingerprint density at radius 2 is 2.09 bits per heavy atom. The summed E-state index contributed by atoms with van der Waals surface area (Å²) in [4.78, 5) is 10.5. The summed E-state index contributed by atoms with van der Waals surface area (Å²) in [6.45, 7) is 6.08. The van der Waals surface area contributed by atoms with Crippen molar-refractivity contribution >= 4 is 11.7 Å². The van der Waals surface area contributed by atoms with Gasteiger partial charge in [-0.05, 0) is 13.3 Å². The number of hydrogen-bond donors (Lipinski definition) is 2. The first-order valence-corrected chi connectivity index (χ1v) is 3.71. The van der Waals surface area contributed by atoms with Crippen molar-refractivity contribution in [3.8, 4) is 0 Å². The molecule has 0 saturated heterocycles. The second kappa shape index (κ2) is 5.70. The zero-order valence-electron chi connectivity index (χ0n) is 7.27. The first-order chi connectivity index (χ1) is 5.16. The van der Waals surface area contributed by atoms with Gasteiger partial charge in [-0.2, -0.15) is 5.10 Å². The third kappa shape index (κ3) is 6.83. The summed E-state index contributed by atoms with van der Waals surface area (Å²) in [5.74, 6) is 0.510. The highest BCUT2D eigenvalue weighted by Gasteiger charge is 1.91. The van der Waals surface area contributed by atoms with E-state index in [0.717, 1.165) is 13.0 Å². The number of carbonyl (C=O) groups excluding carboxylic acids is 1. The third-order valence-electron chi connectivity index (χ3n) is 0.965. The van der Waals surface area contributed by atoms with Gasteiger partial charge in [-0.1, -0.05) is 6.92 Å². The Bertz CT molecular complexity index is 154. The minimum Gasteiger partial charge on any atom is -0.313 e. The fraction of sp³-hybridized carbons (Fsp3) is 0.714. The van der Waals surface area contributed by atoms with Gasteiger partial charge in [-0.3, -0.25) is 4.79 Å². The van der Waals surface area contributed by atoms with Gasteiger partial charge in [0, 0.05) is 13.5 Å². The number of nitrogens with one attached hydrogen (secondary N) is 2. The molecule has 0 aromatic rings. The molecule has 1 amide bonds. The van der Waals surface area contributed by atoms with Gasteiger partial charge in [-0.25, -0.2) is 0 Å². The van der Waals surface area contributed by atoms with E-state index < -0.39 is 0 Å². The fourth-order valence-electron chi connectivity index (χ4n) is 0.569. The maximum absolute atomic E-state index is 10.5. The highest BCUT2D eigenvalue weighted by molar-refractivity contribution is 5.95. The van der Waals surface area contributed by atoms with Gasteiger partial charge in [0.2, 0.25) is 5.91 Å². The summed E-state index contributed by atoms with van der Waals surface area (Å²) in [6, 6.07) is 0. The SMILES string of the molecule is CCCN/N=C(\C)NC(C)=O. The molecule has 0 radical (unpaired) electrons. The molecule has 0 aliphatic heterocycles. The summed E-state index contributed by atoms with van der Waals surface area (Å²) in [5, 5.41) is 6.44. The molecule has 64 valence electrons. The molecule has 0 aliphatic rings. The molecule has 0 spiro atoms. The minimum atomic E-state index is -0.0930. The van der Waals surface area contributed by atoms with E-state index in [1.807, 2.05) is 0 Å². The van der Waals surface area contributed by atoms with Crippen LogP contribution in [0.2, 0.25) is 0 Å². The van der Waals surface area contributed by atoms with Crippen LogP contribution in [0.15, 0.2) is 5.10 Å². The topological polar surface area (TPSA) is 53.5 Å². The molecule has 0 fully saturated rings. The van der Waals surface area contributed by atoms with Crippen LogP contribution in [0.3, 0.4) is 0 Å². The van der Waals surface area contributed by atoms with Crippen molar-refractivity contribution in [3.05, 3.63) is 0 Å². The number of hydrazone groups is 1. The Morgan fingerprint density at radius 3 is 2.55 bits per heavy atom. The average Bonchev–Trinajstić information content (AvgIpc) is 1.86. The van der Waals surface area contributed by atoms with Crippen LogP contribution in [-0.4, -0.2) is 18.3 Å². The van der Waals surface area contributed by atoms with Crippen LogP contribution in [-0.2, 0) is 4.79 Å². The standard InChI is InChI=1S/C7H15N3O/c1-4-5-8-10-6(2)9-7(3)11/h8H,4-5H2,1-3H3,(H,9,10,11). The lowest BCUT2D eigenvalue weighted by Crippen LogP contribution is -2.27. The molecule has 0 aromatic carbocycles. The first kappa shape index (κ1) is 9.94. The molecular formula is C7H15N3O. The highest BCUT2D eigenvalue weighted by Crippen LogP contribution is 1.72. The predicted octanol–water partition coefficient (Wildman–Crippen LogP) is 0.456. The van der Waals surface area contributed by atoms with Crippen molar-refractivity contribution in [2.24, 2.45) is 5.10 Å². The molecule has 4 nitrogen and oxygen atoms in total. The molecule has 0 saturated carbocycles. The third-order valence-corrected chi connectivity index (χ3v) is 0.965. The second-order valence-electron chi connectivity index (χ2n) is 2.29. The Labute approximate surface area is 67.1 Å². The van der Waals surface area contributed by atoms with E-state index >= 15 is 0 Å². The Balaban J connectivity index is 3.54. The van der Waals surface area contributed by atoms with Crippen molar-refractivity contribution in [3.63, 3.8) is 0 Å². The van der Waals surface area contributed by atoms with E-state index in [0.29, 0.717) is 5.84 Å². The van der Waals surface area contributed by atoms with Crippen LogP contribution in [0.4, 0.5) is 0 Å². The average molecular weight is 157 g/mol. The fourth-order valence-corrected chi connectivity index (χ4v) is 0.569. The van der Waals surface area contributed by atoms with Gasteiger partial charge in [0.1, 0.15) is 5.84 Å². The van der Waals surface area contributed by atoms with Crippen LogP contribution >= 0.6 is 0 Å². The summed E-state index contributed by atoms with van der Waals surface area (Å²) in [7, 11) is 0. The quantitative estimate of drug-likeness (QED) is 0.270. The summed E-state index contributed by atoms with van der Waals surface area (Å²) >= 11 is 0. The molecule has 0 heterocycles. The molecule has 0 unspecified atom stereocenters. The summed E-state index contributed by atoms with van der Waals surface area (Å²) in [6.07, 6.45) is 1.02. The molecule has 0 rings (SSSR count). The van der Waals surface area contributed by atoms with Crippen LogP contribution < -0.4 is 10.7 Å². The molecule has 11 heavy (non-hydrogen) atoms. The van der Waals surface area contributed by atoms with Crippen molar-refractivity contribution in [1.29, 1.82) is 0 Å². The monoisotopic (exact) mass is 157 g/mol. The van der Waals surface area contributed by atoms with E-state index in [9.17, 15) is 4.79 Å². The van der Waals surface area contributed by atoms with Gasteiger partial charge in [0.05, 0.1) is 0 Å². The van der Waals surface area contributed by atoms with E-state index in [1.54, 1.807) is 6.92 Å². The van der Waals surface area contributed by atoms with Crippen LogP contribution in [0.25, 0.3) is 0 Å². The van der Waals surface area contributed by atoms with Crippen molar-refractivity contribution in [2.75, 3.05) is 6.54 Å². The van der Waals surface area contributed by atoms with E-state index in [4.69, 9.17) is 0 Å². The van der Waals surface area contributed by atoms with E-state index in [2.05, 4.69) is 22.8 Å². The van der Waals surface area contributed by atoms with E-state index in [1.165, 1.54) is 6.92 Å². The van der Waals surface area contributed by atoms with Gasteiger partial charge in [-0.15, -0.1) is 0 Å². The normalized spacial score (nSPS) is 11.0. The lowest BCUT2D eigenvalue weighted by molar-refractivity contribution is -0.117. The van der Waals surface area contributed by atoms with Crippen molar-refractivity contribution in [2.45, 2.75) is 27.2 Å². The molecule has 0 aromatic heterocycles. The molecular weight excluding hydrogens is 142 g/mol. The Kier molecular flexibility index (Phi) is 5.15. The molecule has 0 aliphatic carbocycles. The van der Waals surface area contributed by atoms with Gasteiger partial charge >= 0.3 is 0 Å². The summed E-state index contributed by atoms with van der Waals surface area (Å²) in [5.41, 5.74) is 2.81.